The molecule has 2 aromatic rings. The van der Waals surface area contributed by atoms with E-state index in [1.54, 1.807) is 7.11 Å². The van der Waals surface area contributed by atoms with Crippen molar-refractivity contribution in [2.45, 2.75) is 44.7 Å². The van der Waals surface area contributed by atoms with E-state index in [0.29, 0.717) is 17.7 Å². The van der Waals surface area contributed by atoms with Crippen LogP contribution in [0.25, 0.3) is 0 Å². The van der Waals surface area contributed by atoms with Crippen molar-refractivity contribution >= 4 is 0 Å². The highest BCUT2D eigenvalue weighted by Gasteiger charge is 2.39. The molecule has 0 amide bonds. The highest BCUT2D eigenvalue weighted by atomic mass is 16.5. The average molecular weight is 397 g/mol. The van der Waals surface area contributed by atoms with Gasteiger partial charge in [0, 0.05) is 31.1 Å². The number of aliphatic hydroxyl groups is 1. The molecule has 0 radical (unpaired) electrons. The highest BCUT2D eigenvalue weighted by molar-refractivity contribution is 5.50. The summed E-state index contributed by atoms with van der Waals surface area (Å²) in [4.78, 5) is 2.59. The zero-order valence-electron chi connectivity index (χ0n) is 17.6. The largest absolute Gasteiger partial charge is 0.493 e. The van der Waals surface area contributed by atoms with Crippen LogP contribution in [0.4, 0.5) is 0 Å². The Morgan fingerprint density at radius 1 is 1.14 bits per heavy atom. The monoisotopic (exact) mass is 396 g/mol. The molecule has 0 spiro atoms. The van der Waals surface area contributed by atoms with Crippen LogP contribution in [-0.4, -0.2) is 49.5 Å². The van der Waals surface area contributed by atoms with Crippen molar-refractivity contribution in [2.24, 2.45) is 5.73 Å². The van der Waals surface area contributed by atoms with Crippen LogP contribution < -0.4 is 15.2 Å². The lowest BCUT2D eigenvalue weighted by Crippen LogP contribution is -2.49. The molecule has 4 rings (SSSR count). The number of nitrogens with zero attached hydrogens (tertiary/aromatic N) is 1. The van der Waals surface area contributed by atoms with E-state index in [2.05, 4.69) is 49.1 Å². The van der Waals surface area contributed by atoms with E-state index in [-0.39, 0.29) is 19.3 Å². The molecule has 29 heavy (non-hydrogen) atoms. The van der Waals surface area contributed by atoms with Gasteiger partial charge in [0.1, 0.15) is 6.61 Å². The molecule has 2 heterocycles. The van der Waals surface area contributed by atoms with Gasteiger partial charge in [-0.25, -0.2) is 0 Å². The van der Waals surface area contributed by atoms with Crippen LogP contribution in [-0.2, 0) is 6.42 Å². The predicted molar refractivity (Wildman–Crippen MR) is 115 cm³/mol. The molecule has 2 aliphatic rings. The second-order valence-electron chi connectivity index (χ2n) is 8.40. The number of piperidine rings is 1. The van der Waals surface area contributed by atoms with Crippen LogP contribution in [0.5, 0.6) is 11.5 Å². The number of hydrogen-bond donors (Lipinski definition) is 2. The molecule has 0 aromatic heterocycles. The Bertz CT molecular complexity index is 883. The maximum atomic E-state index is 9.08. The first-order valence-corrected chi connectivity index (χ1v) is 10.5. The third kappa shape index (κ3) is 3.87. The van der Waals surface area contributed by atoms with Crippen molar-refractivity contribution in [3.8, 4) is 11.5 Å². The summed E-state index contributed by atoms with van der Waals surface area (Å²) in [5, 5.41) is 9.08. The van der Waals surface area contributed by atoms with E-state index >= 15 is 0 Å². The SMILES string of the molecule is COc1cc2c(cc1OCCO)CCN1CC(c3cc(C)ccc3C)C(N)CC21. The zero-order valence-corrected chi connectivity index (χ0v) is 17.6. The minimum Gasteiger partial charge on any atom is -0.493 e. The molecule has 1 saturated heterocycles. The number of hydrogen-bond acceptors (Lipinski definition) is 5. The van der Waals surface area contributed by atoms with E-state index in [1.165, 1.54) is 27.8 Å². The Morgan fingerprint density at radius 3 is 2.72 bits per heavy atom. The third-order valence-corrected chi connectivity index (χ3v) is 6.52. The summed E-state index contributed by atoms with van der Waals surface area (Å²) in [6.45, 7) is 6.62. The van der Waals surface area contributed by atoms with Gasteiger partial charge in [-0.2, -0.15) is 0 Å². The van der Waals surface area contributed by atoms with Crippen LogP contribution in [0.3, 0.4) is 0 Å². The van der Waals surface area contributed by atoms with Gasteiger partial charge in [0.05, 0.1) is 13.7 Å². The lowest BCUT2D eigenvalue weighted by molar-refractivity contribution is 0.109. The van der Waals surface area contributed by atoms with Crippen LogP contribution in [0.2, 0.25) is 0 Å². The van der Waals surface area contributed by atoms with Crippen LogP contribution in [0.15, 0.2) is 30.3 Å². The fourth-order valence-electron chi connectivity index (χ4n) is 4.98. The van der Waals surface area contributed by atoms with Gasteiger partial charge in [-0.1, -0.05) is 23.8 Å². The number of aliphatic hydroxyl groups excluding tert-OH is 1. The normalized spacial score (nSPS) is 24.0. The molecule has 3 unspecified atom stereocenters. The summed E-state index contributed by atoms with van der Waals surface area (Å²) >= 11 is 0. The predicted octanol–water partition coefficient (Wildman–Crippen LogP) is 3.10. The molecule has 0 aliphatic carbocycles. The molecular weight excluding hydrogens is 364 g/mol. The summed E-state index contributed by atoms with van der Waals surface area (Å²) in [5.41, 5.74) is 13.4. The van der Waals surface area contributed by atoms with Gasteiger partial charge in [0.15, 0.2) is 11.5 Å². The number of ether oxygens (including phenoxy) is 2. The van der Waals surface area contributed by atoms with Gasteiger partial charge in [-0.15, -0.1) is 0 Å². The molecule has 156 valence electrons. The van der Waals surface area contributed by atoms with Crippen LogP contribution in [0, 0.1) is 13.8 Å². The lowest BCUT2D eigenvalue weighted by Gasteiger charge is -2.46. The van der Waals surface area contributed by atoms with Crippen molar-refractivity contribution in [3.05, 3.63) is 58.1 Å². The Kier molecular flexibility index (Phi) is 5.81. The quantitative estimate of drug-likeness (QED) is 0.813. The Balaban J connectivity index is 1.62. The molecule has 0 bridgehead atoms. The van der Waals surface area contributed by atoms with E-state index < -0.39 is 0 Å². The number of benzene rings is 2. The Morgan fingerprint density at radius 2 is 1.97 bits per heavy atom. The minimum absolute atomic E-state index is 0.00867. The number of aryl methyl sites for hydroxylation is 2. The fourth-order valence-corrected chi connectivity index (χ4v) is 4.98. The summed E-state index contributed by atoms with van der Waals surface area (Å²) in [6.07, 6.45) is 1.92. The number of nitrogens with two attached hydrogens (primary N) is 1. The topological polar surface area (TPSA) is 68.0 Å². The average Bonchev–Trinajstić information content (AvgIpc) is 2.72. The lowest BCUT2D eigenvalue weighted by atomic mass is 9.77. The number of fused-ring (bicyclic) bond motifs is 3. The molecule has 2 aliphatic heterocycles. The smallest absolute Gasteiger partial charge is 0.161 e. The second kappa shape index (κ2) is 8.34. The first-order valence-electron chi connectivity index (χ1n) is 10.5. The molecule has 1 fully saturated rings. The van der Waals surface area contributed by atoms with Gasteiger partial charge < -0.3 is 20.3 Å². The zero-order chi connectivity index (χ0) is 20.5. The first kappa shape index (κ1) is 20.2. The van der Waals surface area contributed by atoms with Crippen molar-refractivity contribution < 1.29 is 14.6 Å². The van der Waals surface area contributed by atoms with Crippen molar-refractivity contribution in [3.63, 3.8) is 0 Å². The van der Waals surface area contributed by atoms with Gasteiger partial charge in [-0.3, -0.25) is 4.90 Å². The van der Waals surface area contributed by atoms with Crippen LogP contribution >= 0.6 is 0 Å². The van der Waals surface area contributed by atoms with Gasteiger partial charge >= 0.3 is 0 Å². The molecule has 5 nitrogen and oxygen atoms in total. The molecular formula is C24H32N2O3. The Hall–Kier alpha value is -2.08. The highest BCUT2D eigenvalue weighted by Crippen LogP contribution is 2.44. The minimum atomic E-state index is -0.00867. The number of rotatable bonds is 5. The summed E-state index contributed by atoms with van der Waals surface area (Å²) in [6, 6.07) is 11.3. The van der Waals surface area contributed by atoms with E-state index in [4.69, 9.17) is 20.3 Å². The molecule has 3 N–H and O–H groups in total. The standard InChI is InChI=1S/C24H32N2O3/c1-15-4-5-16(2)18(10-15)20-14-26-7-6-17-11-24(29-9-8-27)23(28-3)12-19(17)22(26)13-21(20)25/h4-5,10-12,20-22,27H,6-9,13-14,25H2,1-3H3. The van der Waals surface area contributed by atoms with E-state index in [9.17, 15) is 0 Å². The van der Waals surface area contributed by atoms with Crippen LogP contribution in [0.1, 0.15) is 46.2 Å². The van der Waals surface area contributed by atoms with Gasteiger partial charge in [0.2, 0.25) is 0 Å². The summed E-state index contributed by atoms with van der Waals surface area (Å²) in [5.74, 6) is 1.80. The molecule has 2 aromatic carbocycles. The van der Waals surface area contributed by atoms with Gasteiger partial charge in [0.25, 0.3) is 0 Å². The van der Waals surface area contributed by atoms with E-state index in [1.807, 2.05) is 0 Å². The number of methoxy groups -OCH3 is 1. The summed E-state index contributed by atoms with van der Waals surface area (Å²) < 4.78 is 11.3. The third-order valence-electron chi connectivity index (χ3n) is 6.52. The summed E-state index contributed by atoms with van der Waals surface area (Å²) in [7, 11) is 1.66. The first-order chi connectivity index (χ1) is 14.0. The van der Waals surface area contributed by atoms with Crippen molar-refractivity contribution in [1.82, 2.24) is 4.90 Å². The van der Waals surface area contributed by atoms with Crippen molar-refractivity contribution in [2.75, 3.05) is 33.4 Å². The maximum Gasteiger partial charge on any atom is 0.161 e. The maximum absolute atomic E-state index is 9.08. The molecule has 5 heteroatoms. The molecule has 0 saturated carbocycles. The van der Waals surface area contributed by atoms with Gasteiger partial charge in [-0.05, 0) is 61.1 Å². The second-order valence-corrected chi connectivity index (χ2v) is 8.40. The Labute approximate surface area is 173 Å². The van der Waals surface area contributed by atoms with Crippen molar-refractivity contribution in [1.29, 1.82) is 0 Å². The molecule has 3 atom stereocenters. The van der Waals surface area contributed by atoms with E-state index in [0.717, 1.165) is 31.7 Å². The fraction of sp³-hybridized carbons (Fsp3) is 0.500.